The van der Waals surface area contributed by atoms with Crippen LogP contribution in [-0.2, 0) is 17.6 Å². The third kappa shape index (κ3) is 4.88. The van der Waals surface area contributed by atoms with Gasteiger partial charge in [0.2, 0.25) is 0 Å². The topological polar surface area (TPSA) is 78.1 Å². The van der Waals surface area contributed by atoms with Crippen LogP contribution < -0.4 is 5.43 Å². The molecule has 0 atom stereocenters. The molecule has 0 unspecified atom stereocenters. The van der Waals surface area contributed by atoms with Crippen LogP contribution in [0.25, 0.3) is 0 Å². The fraction of sp³-hybridized carbons (Fsp3) is 0.300. The van der Waals surface area contributed by atoms with Crippen molar-refractivity contribution in [1.82, 2.24) is 4.98 Å². The summed E-state index contributed by atoms with van der Waals surface area (Å²) in [7, 11) is 0. The Bertz CT molecular complexity index is 919. The summed E-state index contributed by atoms with van der Waals surface area (Å²) in [5.41, 5.74) is 6.64. The van der Waals surface area contributed by atoms with Crippen LogP contribution in [0.2, 0.25) is 5.02 Å². The van der Waals surface area contributed by atoms with E-state index < -0.39 is 0 Å². The lowest BCUT2D eigenvalue weighted by Gasteiger charge is -2.21. The van der Waals surface area contributed by atoms with Crippen molar-refractivity contribution in [2.45, 2.75) is 37.6 Å². The first-order valence-corrected chi connectivity index (χ1v) is 10.1. The predicted octanol–water partition coefficient (Wildman–Crippen LogP) is 4.61. The highest BCUT2D eigenvalue weighted by molar-refractivity contribution is 8.00. The van der Waals surface area contributed by atoms with Crippen LogP contribution >= 0.6 is 23.4 Å². The zero-order valence-electron chi connectivity index (χ0n) is 15.0. The number of rotatable bonds is 6. The van der Waals surface area contributed by atoms with Crippen molar-refractivity contribution in [2.75, 3.05) is 11.2 Å². The average molecular weight is 399 g/mol. The van der Waals surface area contributed by atoms with E-state index in [1.807, 2.05) is 12.1 Å². The average Bonchev–Trinajstić information content (AvgIpc) is 2.67. The molecule has 0 radical (unpaired) electrons. The molecule has 1 heterocycles. The van der Waals surface area contributed by atoms with Crippen LogP contribution in [0, 0.1) is 11.3 Å². The molecule has 0 amide bonds. The number of anilines is 1. The van der Waals surface area contributed by atoms with E-state index in [2.05, 4.69) is 21.6 Å². The molecule has 7 heteroatoms. The minimum absolute atomic E-state index is 0.0543. The number of nitrogens with one attached hydrogen (secondary N) is 1. The minimum atomic E-state index is 0.0543. The first-order chi connectivity index (χ1) is 13.1. The van der Waals surface area contributed by atoms with Crippen LogP contribution in [0.4, 0.5) is 5.82 Å². The summed E-state index contributed by atoms with van der Waals surface area (Å²) in [6.07, 6.45) is 5.54. The highest BCUT2D eigenvalue weighted by Crippen LogP contribution is 2.34. The molecule has 3 rings (SSSR count). The molecule has 1 aliphatic carbocycles. The molecule has 1 aromatic heterocycles. The fourth-order valence-electron chi connectivity index (χ4n) is 3.00. The number of hydrogen-bond acceptors (Lipinski definition) is 6. The Balaban J connectivity index is 1.91. The number of carbonyl (C=O) groups is 1. The monoisotopic (exact) mass is 398 g/mol. The second-order valence-corrected chi connectivity index (χ2v) is 7.73. The number of nitrogens with zero attached hydrogens (tertiary/aromatic N) is 3. The van der Waals surface area contributed by atoms with Gasteiger partial charge < -0.3 is 0 Å². The summed E-state index contributed by atoms with van der Waals surface area (Å²) in [5.74, 6) is 1.02. The molecule has 1 aromatic carbocycles. The first kappa shape index (κ1) is 19.4. The third-order valence-corrected chi connectivity index (χ3v) is 5.63. The molecule has 0 aliphatic heterocycles. The molecule has 27 heavy (non-hydrogen) atoms. The summed E-state index contributed by atoms with van der Waals surface area (Å²) in [6.45, 7) is 1.53. The van der Waals surface area contributed by atoms with Crippen molar-refractivity contribution in [3.8, 4) is 6.07 Å². The Morgan fingerprint density at radius 3 is 2.70 bits per heavy atom. The van der Waals surface area contributed by atoms with Crippen molar-refractivity contribution < 1.29 is 4.79 Å². The van der Waals surface area contributed by atoms with Gasteiger partial charge in [0.05, 0.1) is 17.5 Å². The van der Waals surface area contributed by atoms with Gasteiger partial charge in [-0.15, -0.1) is 0 Å². The minimum Gasteiger partial charge on any atom is -0.299 e. The molecule has 1 aliphatic rings. The van der Waals surface area contributed by atoms with Gasteiger partial charge in [0.25, 0.3) is 0 Å². The summed E-state index contributed by atoms with van der Waals surface area (Å²) >= 11 is 7.20. The van der Waals surface area contributed by atoms with Gasteiger partial charge in [-0.1, -0.05) is 35.5 Å². The van der Waals surface area contributed by atoms with Crippen LogP contribution in [0.15, 0.2) is 34.4 Å². The molecule has 2 aromatic rings. The molecular formula is C20H19ClN4OS. The maximum absolute atomic E-state index is 11.4. The third-order valence-electron chi connectivity index (χ3n) is 4.26. The number of carbonyl (C=O) groups excluding carboxylic acids is 1. The maximum atomic E-state index is 11.4. The zero-order valence-corrected chi connectivity index (χ0v) is 16.5. The number of nitriles is 1. The van der Waals surface area contributed by atoms with Crippen molar-refractivity contribution >= 4 is 41.2 Å². The van der Waals surface area contributed by atoms with E-state index in [4.69, 9.17) is 11.6 Å². The first-order valence-electron chi connectivity index (χ1n) is 8.71. The molecule has 138 valence electrons. The van der Waals surface area contributed by atoms with Gasteiger partial charge >= 0.3 is 0 Å². The lowest BCUT2D eigenvalue weighted by atomic mass is 9.89. The highest BCUT2D eigenvalue weighted by Gasteiger charge is 2.22. The number of fused-ring (bicyclic) bond motifs is 1. The number of hydrazone groups is 1. The van der Waals surface area contributed by atoms with Gasteiger partial charge in [0, 0.05) is 10.6 Å². The second kappa shape index (κ2) is 9.03. The zero-order chi connectivity index (χ0) is 19.2. The van der Waals surface area contributed by atoms with E-state index in [0.29, 0.717) is 27.2 Å². The van der Waals surface area contributed by atoms with Crippen molar-refractivity contribution in [3.63, 3.8) is 0 Å². The van der Waals surface area contributed by atoms with Crippen LogP contribution in [0.5, 0.6) is 0 Å². The highest BCUT2D eigenvalue weighted by atomic mass is 35.5. The van der Waals surface area contributed by atoms with Gasteiger partial charge in [-0.3, -0.25) is 10.2 Å². The van der Waals surface area contributed by atoms with E-state index >= 15 is 0 Å². The summed E-state index contributed by atoms with van der Waals surface area (Å²) in [5, 5.41) is 15.2. The molecule has 0 saturated heterocycles. The number of aromatic nitrogens is 1. The van der Waals surface area contributed by atoms with Crippen molar-refractivity contribution in [3.05, 3.63) is 51.5 Å². The Morgan fingerprint density at radius 2 is 2.04 bits per heavy atom. The lowest BCUT2D eigenvalue weighted by Crippen LogP contribution is -2.12. The lowest BCUT2D eigenvalue weighted by molar-refractivity contribution is -0.114. The predicted molar refractivity (Wildman–Crippen MR) is 110 cm³/mol. The largest absolute Gasteiger partial charge is 0.299 e. The number of hydrogen-bond donors (Lipinski definition) is 1. The van der Waals surface area contributed by atoms with E-state index in [1.54, 1.807) is 18.3 Å². The van der Waals surface area contributed by atoms with Gasteiger partial charge in [-0.05, 0) is 55.9 Å². The van der Waals surface area contributed by atoms with Crippen LogP contribution in [0.3, 0.4) is 0 Å². The van der Waals surface area contributed by atoms with Crippen molar-refractivity contribution in [1.29, 1.82) is 5.26 Å². The van der Waals surface area contributed by atoms with Gasteiger partial charge in [-0.2, -0.15) is 10.4 Å². The fourth-order valence-corrected chi connectivity index (χ4v) is 3.93. The number of thioether (sulfide) groups is 1. The second-order valence-electron chi connectivity index (χ2n) is 6.33. The molecule has 0 spiro atoms. The number of benzene rings is 1. The van der Waals surface area contributed by atoms with E-state index in [0.717, 1.165) is 42.4 Å². The number of Topliss-reactive ketones (excluding diaryl/α,β-unsaturated/α-hetero) is 1. The SMILES string of the molecule is CC(=O)CSc1nc(N/N=C/c2ccc(Cl)cc2)c2c(c1C#N)CCCC2. The summed E-state index contributed by atoms with van der Waals surface area (Å²) in [4.78, 5) is 16.0. The molecule has 1 N–H and O–H groups in total. The molecule has 0 bridgehead atoms. The Morgan fingerprint density at radius 1 is 1.33 bits per heavy atom. The Hall–Kier alpha value is -2.36. The summed E-state index contributed by atoms with van der Waals surface area (Å²) in [6, 6.07) is 9.66. The smallest absolute Gasteiger partial charge is 0.151 e. The molecule has 5 nitrogen and oxygen atoms in total. The van der Waals surface area contributed by atoms with Gasteiger partial charge in [-0.25, -0.2) is 4.98 Å². The number of ketones is 1. The molecule has 0 saturated carbocycles. The van der Waals surface area contributed by atoms with E-state index in [-0.39, 0.29) is 5.78 Å². The van der Waals surface area contributed by atoms with Gasteiger partial charge in [0.15, 0.2) is 5.82 Å². The molecule has 0 fully saturated rings. The van der Waals surface area contributed by atoms with Crippen molar-refractivity contribution in [2.24, 2.45) is 5.10 Å². The molecular weight excluding hydrogens is 380 g/mol. The summed E-state index contributed by atoms with van der Waals surface area (Å²) < 4.78 is 0. The normalized spacial score (nSPS) is 13.2. The standard InChI is InChI=1S/C20H19ClN4OS/c1-13(26)12-27-20-18(10-22)16-4-2-3-5-17(16)19(24-20)25-23-11-14-6-8-15(21)9-7-14/h6-9,11H,2-5,12H2,1H3,(H,24,25)/b23-11+. The van der Waals surface area contributed by atoms with E-state index in [9.17, 15) is 10.1 Å². The maximum Gasteiger partial charge on any atom is 0.151 e. The Labute approximate surface area is 167 Å². The van der Waals surface area contributed by atoms with Crippen LogP contribution in [0.1, 0.15) is 42.0 Å². The number of pyridine rings is 1. The number of halogens is 1. The van der Waals surface area contributed by atoms with E-state index in [1.165, 1.54) is 18.7 Å². The Kier molecular flexibility index (Phi) is 6.49. The van der Waals surface area contributed by atoms with Gasteiger partial charge in [0.1, 0.15) is 16.9 Å². The quantitative estimate of drug-likeness (QED) is 0.436. The van der Waals surface area contributed by atoms with Crippen LogP contribution in [-0.4, -0.2) is 22.7 Å².